The molecule has 282 valence electrons. The highest BCUT2D eigenvalue weighted by Crippen LogP contribution is 2.43. The van der Waals surface area contributed by atoms with Crippen molar-refractivity contribution < 1.29 is 31.8 Å². The molecule has 14 heteroatoms. The summed E-state index contributed by atoms with van der Waals surface area (Å²) in [6.07, 6.45) is -3.54. The lowest BCUT2D eigenvalue weighted by molar-refractivity contribution is -0.143. The molecule has 3 heterocycles. The number of aromatic nitrogens is 2. The van der Waals surface area contributed by atoms with Crippen molar-refractivity contribution in [3.8, 4) is 0 Å². The molecular weight excluding hydrogens is 716 g/mol. The fourth-order valence-electron chi connectivity index (χ4n) is 7.35. The number of rotatable bonds is 13. The van der Waals surface area contributed by atoms with Gasteiger partial charge in [-0.2, -0.15) is 13.2 Å². The van der Waals surface area contributed by atoms with Crippen LogP contribution >= 0.6 is 11.6 Å². The van der Waals surface area contributed by atoms with Crippen LogP contribution in [-0.2, 0) is 52.3 Å². The number of alkyl halides is 3. The fourth-order valence-corrected chi connectivity index (χ4v) is 7.57. The molecule has 2 aliphatic heterocycles. The molecule has 53 heavy (non-hydrogen) atoms. The molecule has 1 N–H and O–H groups in total. The fraction of sp³-hybridized carbons (Fsp3) is 0.410. The molecule has 1 atom stereocenters. The number of hydrogen-bond donors (Lipinski definition) is 1. The number of likely N-dealkylation sites (tertiary alicyclic amines) is 1. The molecule has 0 aliphatic carbocycles. The zero-order valence-electron chi connectivity index (χ0n) is 29.3. The van der Waals surface area contributed by atoms with Crippen molar-refractivity contribution >= 4 is 17.6 Å². The standard InChI is InChI=1S/C39H41ClF4N4O5/c1-2-52-34(49)15-8-18-45-32(27-10-4-3-5-11-27)24-48-36(50)35-33(47(37(48)51)23-29-30(39(42,43)44)13-7-14-31(29)41)25-53-38(35)16-19-46(20-17-38)22-26-9-6-12-28(40)21-26/h3-7,9-14,21,32,45H,2,8,15-20,22-25H2,1H3. The zero-order chi connectivity index (χ0) is 37.8. The number of esters is 1. The maximum absolute atomic E-state index is 15.3. The van der Waals surface area contributed by atoms with Crippen LogP contribution in [-0.4, -0.2) is 46.2 Å². The number of halogens is 5. The minimum atomic E-state index is -4.89. The second-order valence-electron chi connectivity index (χ2n) is 13.4. The van der Waals surface area contributed by atoms with Crippen LogP contribution in [0.3, 0.4) is 0 Å². The van der Waals surface area contributed by atoms with E-state index in [0.717, 1.165) is 38.5 Å². The van der Waals surface area contributed by atoms with E-state index >= 15 is 4.39 Å². The summed E-state index contributed by atoms with van der Waals surface area (Å²) < 4.78 is 71.3. The first-order valence-electron chi connectivity index (χ1n) is 17.7. The van der Waals surface area contributed by atoms with E-state index in [-0.39, 0.29) is 43.4 Å². The first-order valence-corrected chi connectivity index (χ1v) is 18.0. The summed E-state index contributed by atoms with van der Waals surface area (Å²) >= 11 is 6.20. The molecule has 0 amide bonds. The second-order valence-corrected chi connectivity index (χ2v) is 13.8. The van der Waals surface area contributed by atoms with Crippen LogP contribution in [0.5, 0.6) is 0 Å². The van der Waals surface area contributed by atoms with Crippen LogP contribution in [0.1, 0.15) is 72.2 Å². The van der Waals surface area contributed by atoms with Crippen molar-refractivity contribution in [2.45, 2.75) is 76.7 Å². The largest absolute Gasteiger partial charge is 0.466 e. The molecule has 9 nitrogen and oxygen atoms in total. The Hall–Kier alpha value is -4.30. The van der Waals surface area contributed by atoms with Gasteiger partial charge in [0, 0.05) is 36.6 Å². The Morgan fingerprint density at radius 2 is 1.74 bits per heavy atom. The van der Waals surface area contributed by atoms with Gasteiger partial charge in [-0.3, -0.25) is 23.6 Å². The molecule has 0 radical (unpaired) electrons. The highest BCUT2D eigenvalue weighted by Gasteiger charge is 2.47. The summed E-state index contributed by atoms with van der Waals surface area (Å²) in [6.45, 7) is 2.86. The molecule has 1 fully saturated rings. The molecule has 6 rings (SSSR count). The third-order valence-electron chi connectivity index (χ3n) is 10.00. The van der Waals surface area contributed by atoms with Gasteiger partial charge in [0.2, 0.25) is 0 Å². The molecule has 1 saturated heterocycles. The second kappa shape index (κ2) is 16.4. The summed E-state index contributed by atoms with van der Waals surface area (Å²) in [5.41, 5.74) is -2.37. The Labute approximate surface area is 309 Å². The van der Waals surface area contributed by atoms with Crippen molar-refractivity contribution in [2.75, 3.05) is 26.2 Å². The van der Waals surface area contributed by atoms with Crippen molar-refractivity contribution in [3.05, 3.63) is 138 Å². The minimum absolute atomic E-state index is 0.148. The number of hydrogen-bond acceptors (Lipinski definition) is 7. The SMILES string of the molecule is CCOC(=O)CCCNC(Cn1c(=O)c2c(n(Cc3c(F)cccc3C(F)(F)F)c1=O)COC21CCN(Cc2cccc(Cl)c2)CC1)c1ccccc1. The monoisotopic (exact) mass is 756 g/mol. The van der Waals surface area contributed by atoms with E-state index < -0.39 is 52.6 Å². The van der Waals surface area contributed by atoms with E-state index in [4.69, 9.17) is 21.1 Å². The van der Waals surface area contributed by atoms with Crippen LogP contribution in [0.4, 0.5) is 17.6 Å². The van der Waals surface area contributed by atoms with Crippen LogP contribution in [0, 0.1) is 5.82 Å². The van der Waals surface area contributed by atoms with Gasteiger partial charge in [0.1, 0.15) is 11.4 Å². The lowest BCUT2D eigenvalue weighted by atomic mass is 9.85. The summed E-state index contributed by atoms with van der Waals surface area (Å²) in [5, 5.41) is 3.96. The number of piperidine rings is 1. The number of carbonyl (C=O) groups is 1. The quantitative estimate of drug-likeness (QED) is 0.0938. The van der Waals surface area contributed by atoms with E-state index in [1.165, 1.54) is 0 Å². The molecule has 0 bridgehead atoms. The van der Waals surface area contributed by atoms with E-state index in [2.05, 4.69) is 10.2 Å². The molecule has 0 saturated carbocycles. The molecular formula is C39H41ClF4N4O5. The van der Waals surface area contributed by atoms with Gasteiger partial charge in [0.05, 0.1) is 49.2 Å². The lowest BCUT2D eigenvalue weighted by Crippen LogP contribution is -2.50. The van der Waals surface area contributed by atoms with Crippen LogP contribution < -0.4 is 16.6 Å². The molecule has 1 aromatic heterocycles. The maximum Gasteiger partial charge on any atom is 0.416 e. The predicted molar refractivity (Wildman–Crippen MR) is 191 cm³/mol. The average Bonchev–Trinajstić information content (AvgIpc) is 3.49. The van der Waals surface area contributed by atoms with Crippen LogP contribution in [0.25, 0.3) is 0 Å². The predicted octanol–water partition coefficient (Wildman–Crippen LogP) is 6.57. The third kappa shape index (κ3) is 8.59. The zero-order valence-corrected chi connectivity index (χ0v) is 30.0. The Balaban J connectivity index is 1.39. The number of fused-ring (bicyclic) bond motifs is 2. The van der Waals surface area contributed by atoms with Crippen molar-refractivity contribution in [2.24, 2.45) is 0 Å². The van der Waals surface area contributed by atoms with E-state index in [0.29, 0.717) is 50.5 Å². The van der Waals surface area contributed by atoms with E-state index in [1.54, 1.807) is 13.0 Å². The van der Waals surface area contributed by atoms with Gasteiger partial charge in [0.15, 0.2) is 0 Å². The Bertz CT molecular complexity index is 2040. The topological polar surface area (TPSA) is 94.8 Å². The molecule has 3 aromatic carbocycles. The minimum Gasteiger partial charge on any atom is -0.466 e. The first kappa shape index (κ1) is 38.4. The van der Waals surface area contributed by atoms with Gasteiger partial charge in [-0.1, -0.05) is 60.1 Å². The molecule has 1 unspecified atom stereocenters. The van der Waals surface area contributed by atoms with E-state index in [1.807, 2.05) is 48.5 Å². The van der Waals surface area contributed by atoms with Gasteiger partial charge >= 0.3 is 17.8 Å². The number of benzene rings is 3. The number of nitrogens with zero attached hydrogens (tertiary/aromatic N) is 3. The van der Waals surface area contributed by atoms with Gasteiger partial charge in [0.25, 0.3) is 5.56 Å². The summed E-state index contributed by atoms with van der Waals surface area (Å²) in [6, 6.07) is 18.7. The summed E-state index contributed by atoms with van der Waals surface area (Å²) in [5.74, 6) is -1.47. The Morgan fingerprint density at radius 1 is 1.00 bits per heavy atom. The van der Waals surface area contributed by atoms with Crippen molar-refractivity contribution in [1.82, 2.24) is 19.4 Å². The van der Waals surface area contributed by atoms with Gasteiger partial charge in [-0.05, 0) is 68.1 Å². The number of nitrogens with one attached hydrogen (secondary N) is 1. The smallest absolute Gasteiger partial charge is 0.416 e. The Kier molecular flexibility index (Phi) is 11.9. The lowest BCUT2D eigenvalue weighted by Gasteiger charge is -2.39. The van der Waals surface area contributed by atoms with Gasteiger partial charge in [-0.15, -0.1) is 0 Å². The first-order chi connectivity index (χ1) is 25.4. The average molecular weight is 757 g/mol. The van der Waals surface area contributed by atoms with Crippen LogP contribution in [0.15, 0.2) is 82.4 Å². The highest BCUT2D eigenvalue weighted by molar-refractivity contribution is 6.30. The van der Waals surface area contributed by atoms with Crippen LogP contribution in [0.2, 0.25) is 5.02 Å². The summed E-state index contributed by atoms with van der Waals surface area (Å²) in [7, 11) is 0. The van der Waals surface area contributed by atoms with E-state index in [9.17, 15) is 27.6 Å². The third-order valence-corrected chi connectivity index (χ3v) is 10.2. The normalized spacial score (nSPS) is 16.1. The molecule has 2 aliphatic rings. The van der Waals surface area contributed by atoms with Crippen molar-refractivity contribution in [1.29, 1.82) is 0 Å². The van der Waals surface area contributed by atoms with Gasteiger partial charge in [-0.25, -0.2) is 9.18 Å². The van der Waals surface area contributed by atoms with Gasteiger partial charge < -0.3 is 14.8 Å². The molecule has 4 aromatic rings. The highest BCUT2D eigenvalue weighted by atomic mass is 35.5. The maximum atomic E-state index is 15.3. The van der Waals surface area contributed by atoms with Crippen molar-refractivity contribution in [3.63, 3.8) is 0 Å². The number of ether oxygens (including phenoxy) is 2. The molecule has 1 spiro atoms. The summed E-state index contributed by atoms with van der Waals surface area (Å²) in [4.78, 5) is 43.2. The Morgan fingerprint density at radius 3 is 2.43 bits per heavy atom. The number of carbonyl (C=O) groups excluding carboxylic acids is 1.